The number of esters is 1. The van der Waals surface area contributed by atoms with E-state index in [-0.39, 0.29) is 0 Å². The molecule has 0 bridgehead atoms. The van der Waals surface area contributed by atoms with E-state index in [1.165, 1.54) is 0 Å². The fourth-order valence-electron chi connectivity index (χ4n) is 1.84. The van der Waals surface area contributed by atoms with Crippen molar-refractivity contribution in [3.63, 3.8) is 0 Å². The molecule has 1 heterocycles. The van der Waals surface area contributed by atoms with Crippen LogP contribution >= 0.6 is 0 Å². The highest BCUT2D eigenvalue weighted by Gasteiger charge is 2.19. The van der Waals surface area contributed by atoms with Gasteiger partial charge in [0, 0.05) is 5.69 Å². The zero-order valence-corrected chi connectivity index (χ0v) is 12.3. The Balaban J connectivity index is 2.19. The lowest BCUT2D eigenvalue weighted by Gasteiger charge is -2.04. The quantitative estimate of drug-likeness (QED) is 0.503. The Morgan fingerprint density at radius 2 is 2.10 bits per heavy atom. The smallest absolute Gasteiger partial charge is 0.343 e. The molecule has 6 nitrogen and oxygen atoms in total. The molecule has 0 aliphatic heterocycles. The molecular weight excluding hydrogens is 268 g/mol. The number of aryl methyl sites for hydroxylation is 1. The number of aromatic amines is 1. The van der Waals surface area contributed by atoms with Crippen LogP contribution in [0.2, 0.25) is 0 Å². The number of hydrogen-bond acceptors (Lipinski definition) is 5. The molecule has 0 aliphatic rings. The maximum absolute atomic E-state index is 11.9. The minimum atomic E-state index is -0.418. The van der Waals surface area contributed by atoms with Crippen molar-refractivity contribution in [2.45, 2.75) is 20.8 Å². The molecule has 0 aliphatic carbocycles. The Bertz CT molecular complexity index is 647. The van der Waals surface area contributed by atoms with Crippen LogP contribution in [0.5, 0.6) is 0 Å². The second kappa shape index (κ2) is 6.69. The molecule has 2 rings (SSSR count). The molecule has 2 aromatic rings. The van der Waals surface area contributed by atoms with Gasteiger partial charge in [0.25, 0.3) is 0 Å². The van der Waals surface area contributed by atoms with Crippen molar-refractivity contribution in [2.24, 2.45) is 5.10 Å². The van der Waals surface area contributed by atoms with Crippen molar-refractivity contribution in [1.82, 2.24) is 10.2 Å². The number of carbonyl (C=O) groups is 1. The Morgan fingerprint density at radius 1 is 1.38 bits per heavy atom. The van der Waals surface area contributed by atoms with Crippen LogP contribution in [-0.4, -0.2) is 28.5 Å². The maximum Gasteiger partial charge on any atom is 0.343 e. The van der Waals surface area contributed by atoms with Crippen LogP contribution in [0.1, 0.15) is 35.5 Å². The Hall–Kier alpha value is -2.63. The molecule has 0 saturated carbocycles. The van der Waals surface area contributed by atoms with Crippen molar-refractivity contribution in [2.75, 3.05) is 12.0 Å². The predicted molar refractivity (Wildman–Crippen MR) is 81.6 cm³/mol. The summed E-state index contributed by atoms with van der Waals surface area (Å²) in [6.45, 7) is 5.72. The predicted octanol–water partition coefficient (Wildman–Crippen LogP) is 2.73. The zero-order chi connectivity index (χ0) is 15.2. The average Bonchev–Trinajstić information content (AvgIpc) is 2.87. The van der Waals surface area contributed by atoms with Gasteiger partial charge in [0.1, 0.15) is 5.56 Å². The Morgan fingerprint density at radius 3 is 2.76 bits per heavy atom. The van der Waals surface area contributed by atoms with Gasteiger partial charge in [0.15, 0.2) is 5.82 Å². The number of ether oxygens (including phenoxy) is 1. The van der Waals surface area contributed by atoms with E-state index in [1.54, 1.807) is 13.8 Å². The van der Waals surface area contributed by atoms with Gasteiger partial charge in [-0.15, -0.1) is 0 Å². The number of hydrogen-bond donors (Lipinski definition) is 2. The topological polar surface area (TPSA) is 79.4 Å². The summed E-state index contributed by atoms with van der Waals surface area (Å²) < 4.78 is 5.01. The number of benzene rings is 1. The third-order valence-electron chi connectivity index (χ3n) is 2.95. The summed E-state index contributed by atoms with van der Waals surface area (Å²) >= 11 is 0. The van der Waals surface area contributed by atoms with Gasteiger partial charge in [-0.25, -0.2) is 4.79 Å². The number of nitrogens with zero attached hydrogens (tertiary/aromatic N) is 2. The molecule has 0 unspecified atom stereocenters. The van der Waals surface area contributed by atoms with Crippen molar-refractivity contribution < 1.29 is 9.53 Å². The normalized spacial score (nSPS) is 11.3. The van der Waals surface area contributed by atoms with Gasteiger partial charge < -0.3 is 4.74 Å². The molecule has 0 spiro atoms. The molecule has 6 heteroatoms. The van der Waals surface area contributed by atoms with Gasteiger partial charge in [0.2, 0.25) is 0 Å². The van der Waals surface area contributed by atoms with E-state index >= 15 is 0 Å². The van der Waals surface area contributed by atoms with Gasteiger partial charge in [-0.2, -0.15) is 10.2 Å². The number of rotatable bonds is 5. The summed E-state index contributed by atoms with van der Waals surface area (Å²) in [4.78, 5) is 11.9. The Labute approximate surface area is 123 Å². The lowest BCUT2D eigenvalue weighted by molar-refractivity contribution is 0.0526. The van der Waals surface area contributed by atoms with E-state index < -0.39 is 5.97 Å². The first-order valence-electron chi connectivity index (χ1n) is 6.71. The van der Waals surface area contributed by atoms with Crippen LogP contribution in [0.3, 0.4) is 0 Å². The highest BCUT2D eigenvalue weighted by atomic mass is 16.5. The summed E-state index contributed by atoms with van der Waals surface area (Å²) in [5.41, 5.74) is 5.63. The zero-order valence-electron chi connectivity index (χ0n) is 12.3. The van der Waals surface area contributed by atoms with E-state index in [2.05, 4.69) is 20.7 Å². The van der Waals surface area contributed by atoms with Crippen molar-refractivity contribution in [3.05, 3.63) is 47.2 Å². The van der Waals surface area contributed by atoms with Crippen LogP contribution in [0, 0.1) is 6.92 Å². The number of hydrazone groups is 1. The molecule has 1 aromatic carbocycles. The van der Waals surface area contributed by atoms with E-state index in [9.17, 15) is 4.79 Å². The van der Waals surface area contributed by atoms with E-state index in [4.69, 9.17) is 4.74 Å². The largest absolute Gasteiger partial charge is 0.462 e. The maximum atomic E-state index is 11.9. The van der Waals surface area contributed by atoms with Crippen molar-refractivity contribution in [1.29, 1.82) is 0 Å². The van der Waals surface area contributed by atoms with Gasteiger partial charge in [-0.05, 0) is 26.3 Å². The summed E-state index contributed by atoms with van der Waals surface area (Å²) in [5, 5.41) is 11.1. The minimum Gasteiger partial charge on any atom is -0.462 e. The van der Waals surface area contributed by atoms with Gasteiger partial charge >= 0.3 is 5.97 Å². The first kappa shape index (κ1) is 14.8. The number of H-pyrrole nitrogens is 1. The molecule has 0 amide bonds. The number of aromatic nitrogens is 2. The summed E-state index contributed by atoms with van der Waals surface area (Å²) in [6, 6.07) is 9.75. The lowest BCUT2D eigenvalue weighted by Crippen LogP contribution is -2.08. The third-order valence-corrected chi connectivity index (χ3v) is 2.95. The molecule has 110 valence electrons. The first-order chi connectivity index (χ1) is 10.1. The second-order valence-electron chi connectivity index (χ2n) is 4.47. The second-order valence-corrected chi connectivity index (χ2v) is 4.47. The minimum absolute atomic E-state index is 0.315. The standard InChI is InChI=1S/C15H18N4O2/c1-4-21-15(20)13-11(3)17-19-14(13)18-16-10(2)12-8-6-5-7-9-12/h5-9H,4H2,1-3H3,(H2,17,18,19)/b16-10-. The number of anilines is 1. The SMILES string of the molecule is CCOC(=O)c1c(N/N=C(/C)c2ccccc2)n[nH]c1C. The van der Waals surface area contributed by atoms with Crippen LogP contribution in [0.15, 0.2) is 35.4 Å². The molecule has 21 heavy (non-hydrogen) atoms. The third kappa shape index (κ3) is 3.47. The monoisotopic (exact) mass is 286 g/mol. The fourth-order valence-corrected chi connectivity index (χ4v) is 1.84. The highest BCUT2D eigenvalue weighted by molar-refractivity contribution is 6.00. The van der Waals surface area contributed by atoms with Gasteiger partial charge in [0.05, 0.1) is 12.3 Å². The molecule has 2 N–H and O–H groups in total. The van der Waals surface area contributed by atoms with E-state index in [1.807, 2.05) is 37.3 Å². The molecule has 0 saturated heterocycles. The van der Waals surface area contributed by atoms with E-state index in [0.717, 1.165) is 11.3 Å². The summed E-state index contributed by atoms with van der Waals surface area (Å²) in [6.07, 6.45) is 0. The molecule has 1 aromatic heterocycles. The molecular formula is C15H18N4O2. The number of nitrogens with one attached hydrogen (secondary N) is 2. The van der Waals surface area contributed by atoms with E-state index in [0.29, 0.717) is 23.7 Å². The summed E-state index contributed by atoms with van der Waals surface area (Å²) in [5.74, 6) is -0.0555. The average molecular weight is 286 g/mol. The summed E-state index contributed by atoms with van der Waals surface area (Å²) in [7, 11) is 0. The Kier molecular flexibility index (Phi) is 4.71. The molecule has 0 radical (unpaired) electrons. The van der Waals surface area contributed by atoms with Crippen molar-refractivity contribution in [3.8, 4) is 0 Å². The van der Waals surface area contributed by atoms with Gasteiger partial charge in [-0.3, -0.25) is 10.5 Å². The lowest BCUT2D eigenvalue weighted by atomic mass is 10.1. The molecule has 0 fully saturated rings. The molecule has 0 atom stereocenters. The van der Waals surface area contributed by atoms with Crippen LogP contribution in [0.4, 0.5) is 5.82 Å². The fraction of sp³-hybridized carbons (Fsp3) is 0.267. The first-order valence-corrected chi connectivity index (χ1v) is 6.71. The van der Waals surface area contributed by atoms with Crippen LogP contribution < -0.4 is 5.43 Å². The van der Waals surface area contributed by atoms with Crippen LogP contribution in [0.25, 0.3) is 0 Å². The van der Waals surface area contributed by atoms with Crippen LogP contribution in [-0.2, 0) is 4.74 Å². The van der Waals surface area contributed by atoms with Gasteiger partial charge in [-0.1, -0.05) is 30.3 Å². The van der Waals surface area contributed by atoms with Crippen molar-refractivity contribution >= 4 is 17.5 Å². The number of carbonyl (C=O) groups excluding carboxylic acids is 1. The highest BCUT2D eigenvalue weighted by Crippen LogP contribution is 2.17.